The van der Waals surface area contributed by atoms with Crippen molar-refractivity contribution >= 4 is 34.4 Å². The maximum absolute atomic E-state index is 13.1. The molecule has 1 atom stereocenters. The molecule has 0 spiro atoms. The molecule has 4 heterocycles. The predicted octanol–water partition coefficient (Wildman–Crippen LogP) is 3.12. The zero-order chi connectivity index (χ0) is 25.9. The summed E-state index contributed by atoms with van der Waals surface area (Å²) in [5, 5.41) is 11.2. The summed E-state index contributed by atoms with van der Waals surface area (Å²) >= 11 is 0. The lowest BCUT2D eigenvalue weighted by atomic mass is 10.1. The maximum Gasteiger partial charge on any atom is 0.230 e. The molecule has 38 heavy (non-hydrogen) atoms. The molecule has 2 aliphatic heterocycles. The van der Waals surface area contributed by atoms with Crippen LogP contribution in [0.25, 0.3) is 22.3 Å². The topological polar surface area (TPSA) is 121 Å². The van der Waals surface area contributed by atoms with Gasteiger partial charge in [0, 0.05) is 42.8 Å². The van der Waals surface area contributed by atoms with Crippen LogP contribution in [0, 0.1) is 5.92 Å². The largest absolute Gasteiger partial charge is 0.494 e. The molecule has 2 aromatic heterocycles. The number of nitrogens with zero attached hydrogens (tertiary/aromatic N) is 6. The van der Waals surface area contributed by atoms with Crippen LogP contribution in [0.15, 0.2) is 48.7 Å². The Morgan fingerprint density at radius 1 is 1.05 bits per heavy atom. The fourth-order valence-electron chi connectivity index (χ4n) is 4.89. The summed E-state index contributed by atoms with van der Waals surface area (Å²) in [5.74, 6) is 2.38. The number of morpholine rings is 1. The highest BCUT2D eigenvalue weighted by Crippen LogP contribution is 2.30. The van der Waals surface area contributed by atoms with Gasteiger partial charge in [0.05, 0.1) is 37.5 Å². The minimum atomic E-state index is -0.175. The fourth-order valence-corrected chi connectivity index (χ4v) is 4.89. The zero-order valence-electron chi connectivity index (χ0n) is 21.3. The van der Waals surface area contributed by atoms with E-state index in [1.54, 1.807) is 6.20 Å². The van der Waals surface area contributed by atoms with Gasteiger partial charge in [-0.1, -0.05) is 12.1 Å². The molecule has 0 saturated carbocycles. The first kappa shape index (κ1) is 24.1. The summed E-state index contributed by atoms with van der Waals surface area (Å²) in [4.78, 5) is 31.8. The van der Waals surface area contributed by atoms with Crippen molar-refractivity contribution in [2.24, 2.45) is 5.92 Å². The number of hydrogen-bond acceptors (Lipinski definition) is 9. The van der Waals surface area contributed by atoms with Crippen LogP contribution >= 0.6 is 0 Å². The van der Waals surface area contributed by atoms with Crippen LogP contribution in [-0.2, 0) is 9.53 Å². The number of rotatable bonds is 7. The molecule has 11 heteroatoms. The molecule has 1 unspecified atom stereocenters. The standard InChI is InChI=1S/C27H30N8O3/c1-2-38-20-8-6-19(7-9-20)29-25(36)18-10-11-35(17-18)27-31-24(21-4-3-5-23-22(21)16-28-33-23)30-26(32-27)34-12-14-37-15-13-34/h3-9,16,18H,2,10-15,17H2,1H3,(H,28,33)(H,29,36). The van der Waals surface area contributed by atoms with Crippen molar-refractivity contribution in [3.05, 3.63) is 48.7 Å². The van der Waals surface area contributed by atoms with Crippen molar-refractivity contribution in [2.45, 2.75) is 13.3 Å². The monoisotopic (exact) mass is 514 g/mol. The Balaban J connectivity index is 1.24. The summed E-state index contributed by atoms with van der Waals surface area (Å²) in [7, 11) is 0. The molecule has 0 radical (unpaired) electrons. The normalized spacial score (nSPS) is 17.7. The molecule has 196 valence electrons. The van der Waals surface area contributed by atoms with Gasteiger partial charge >= 0.3 is 0 Å². The van der Waals surface area contributed by atoms with Gasteiger partial charge in [0.15, 0.2) is 5.82 Å². The van der Waals surface area contributed by atoms with Gasteiger partial charge in [0.1, 0.15) is 5.75 Å². The Morgan fingerprint density at radius 2 is 1.84 bits per heavy atom. The maximum atomic E-state index is 13.1. The Bertz CT molecular complexity index is 1420. The molecule has 1 amide bonds. The summed E-state index contributed by atoms with van der Waals surface area (Å²) in [5.41, 5.74) is 2.56. The lowest BCUT2D eigenvalue weighted by Crippen LogP contribution is -2.38. The van der Waals surface area contributed by atoms with Gasteiger partial charge in [-0.3, -0.25) is 9.89 Å². The van der Waals surface area contributed by atoms with Gasteiger partial charge in [-0.15, -0.1) is 0 Å². The zero-order valence-corrected chi connectivity index (χ0v) is 21.3. The number of aromatic amines is 1. The third-order valence-electron chi connectivity index (χ3n) is 6.91. The molecule has 2 saturated heterocycles. The van der Waals surface area contributed by atoms with Crippen LogP contribution in [0.4, 0.5) is 17.6 Å². The van der Waals surface area contributed by atoms with Gasteiger partial charge in [0.25, 0.3) is 0 Å². The highest BCUT2D eigenvalue weighted by molar-refractivity contribution is 5.94. The average molecular weight is 515 g/mol. The van der Waals surface area contributed by atoms with Gasteiger partial charge in [-0.05, 0) is 43.7 Å². The van der Waals surface area contributed by atoms with Gasteiger partial charge in [-0.25, -0.2) is 0 Å². The third kappa shape index (κ3) is 4.97. The van der Waals surface area contributed by atoms with E-state index in [4.69, 9.17) is 24.4 Å². The number of carbonyl (C=O) groups is 1. The van der Waals surface area contributed by atoms with Crippen molar-refractivity contribution in [1.82, 2.24) is 25.1 Å². The fraction of sp³-hybridized carbons (Fsp3) is 0.370. The Labute approximate surface area is 220 Å². The SMILES string of the molecule is CCOc1ccc(NC(=O)C2CCN(c3nc(-c4cccc5[nH]ncc45)nc(N4CCOCC4)n3)C2)cc1. The Hall–Kier alpha value is -4.25. The van der Waals surface area contributed by atoms with Gasteiger partial charge in [-0.2, -0.15) is 20.1 Å². The Morgan fingerprint density at radius 3 is 2.63 bits per heavy atom. The molecular formula is C27H30N8O3. The molecular weight excluding hydrogens is 484 g/mol. The molecule has 2 aliphatic rings. The van der Waals surface area contributed by atoms with Crippen LogP contribution in [0.1, 0.15) is 13.3 Å². The van der Waals surface area contributed by atoms with E-state index in [9.17, 15) is 4.79 Å². The number of carbonyl (C=O) groups excluding carboxylic acids is 1. The van der Waals surface area contributed by atoms with Crippen LogP contribution in [0.2, 0.25) is 0 Å². The molecule has 2 aromatic carbocycles. The lowest BCUT2D eigenvalue weighted by Gasteiger charge is -2.28. The molecule has 6 rings (SSSR count). The van der Waals surface area contributed by atoms with Crippen molar-refractivity contribution in [2.75, 3.05) is 61.1 Å². The Kier molecular flexibility index (Phi) is 6.74. The van der Waals surface area contributed by atoms with E-state index in [2.05, 4.69) is 25.3 Å². The van der Waals surface area contributed by atoms with E-state index >= 15 is 0 Å². The number of benzene rings is 2. The quantitative estimate of drug-likeness (QED) is 0.383. The number of aromatic nitrogens is 5. The van der Waals surface area contributed by atoms with Gasteiger partial charge in [0.2, 0.25) is 17.8 Å². The predicted molar refractivity (Wildman–Crippen MR) is 145 cm³/mol. The molecule has 0 aliphatic carbocycles. The first-order valence-electron chi connectivity index (χ1n) is 13.0. The van der Waals surface area contributed by atoms with Crippen LogP contribution in [0.5, 0.6) is 5.75 Å². The van der Waals surface area contributed by atoms with Crippen molar-refractivity contribution in [3.8, 4) is 17.1 Å². The molecule has 0 bridgehead atoms. The first-order chi connectivity index (χ1) is 18.7. The van der Waals surface area contributed by atoms with E-state index in [0.29, 0.717) is 70.1 Å². The van der Waals surface area contributed by atoms with Crippen LogP contribution in [-0.4, -0.2) is 77.1 Å². The molecule has 4 aromatic rings. The number of amides is 1. The van der Waals surface area contributed by atoms with Crippen molar-refractivity contribution in [3.63, 3.8) is 0 Å². The summed E-state index contributed by atoms with van der Waals surface area (Å²) in [6.07, 6.45) is 2.51. The minimum Gasteiger partial charge on any atom is -0.494 e. The number of nitrogens with one attached hydrogen (secondary N) is 2. The van der Waals surface area contributed by atoms with Crippen LogP contribution in [0.3, 0.4) is 0 Å². The smallest absolute Gasteiger partial charge is 0.230 e. The van der Waals surface area contributed by atoms with Crippen molar-refractivity contribution < 1.29 is 14.3 Å². The lowest BCUT2D eigenvalue weighted by molar-refractivity contribution is -0.119. The number of ether oxygens (including phenoxy) is 2. The second-order valence-electron chi connectivity index (χ2n) is 9.37. The molecule has 11 nitrogen and oxygen atoms in total. The second kappa shape index (κ2) is 10.6. The van der Waals surface area contributed by atoms with Crippen molar-refractivity contribution in [1.29, 1.82) is 0 Å². The summed E-state index contributed by atoms with van der Waals surface area (Å²) in [6.45, 7) is 6.45. The number of hydrogen-bond donors (Lipinski definition) is 2. The number of H-pyrrole nitrogens is 1. The summed E-state index contributed by atoms with van der Waals surface area (Å²) < 4.78 is 11.0. The average Bonchev–Trinajstić information content (AvgIpc) is 3.65. The molecule has 2 N–H and O–H groups in total. The highest BCUT2D eigenvalue weighted by Gasteiger charge is 2.31. The van der Waals surface area contributed by atoms with E-state index in [-0.39, 0.29) is 11.8 Å². The van der Waals surface area contributed by atoms with Gasteiger partial charge < -0.3 is 24.6 Å². The number of anilines is 3. The number of fused-ring (bicyclic) bond motifs is 1. The van der Waals surface area contributed by atoms with E-state index in [0.717, 1.165) is 27.9 Å². The first-order valence-corrected chi connectivity index (χ1v) is 13.0. The third-order valence-corrected chi connectivity index (χ3v) is 6.91. The highest BCUT2D eigenvalue weighted by atomic mass is 16.5. The van der Waals surface area contributed by atoms with E-state index in [1.165, 1.54) is 0 Å². The second-order valence-corrected chi connectivity index (χ2v) is 9.37. The van der Waals surface area contributed by atoms with E-state index < -0.39 is 0 Å². The molecule has 2 fully saturated rings. The van der Waals surface area contributed by atoms with E-state index in [1.807, 2.05) is 49.4 Å². The summed E-state index contributed by atoms with van der Waals surface area (Å²) in [6, 6.07) is 13.4. The minimum absolute atomic E-state index is 0.0116. The van der Waals surface area contributed by atoms with Crippen LogP contribution < -0.4 is 19.9 Å².